The van der Waals surface area contributed by atoms with Gasteiger partial charge in [-0.2, -0.15) is 0 Å². The van der Waals surface area contributed by atoms with E-state index in [0.717, 1.165) is 42.8 Å². The van der Waals surface area contributed by atoms with Crippen LogP contribution in [0.3, 0.4) is 0 Å². The molecule has 0 radical (unpaired) electrons. The summed E-state index contributed by atoms with van der Waals surface area (Å²) in [7, 11) is 0. The van der Waals surface area contributed by atoms with Crippen LogP contribution in [0.4, 0.5) is 0 Å². The second kappa shape index (κ2) is 6.29. The highest BCUT2D eigenvalue weighted by molar-refractivity contribution is 7.09. The summed E-state index contributed by atoms with van der Waals surface area (Å²) in [5.74, 6) is 0.231. The van der Waals surface area contributed by atoms with Gasteiger partial charge in [0, 0.05) is 17.3 Å². The normalized spacial score (nSPS) is 23.9. The predicted molar refractivity (Wildman–Crippen MR) is 73.3 cm³/mol. The fourth-order valence-corrected chi connectivity index (χ4v) is 3.12. The van der Waals surface area contributed by atoms with Gasteiger partial charge in [0.25, 0.3) is 0 Å². The first kappa shape index (κ1) is 13.5. The van der Waals surface area contributed by atoms with Crippen molar-refractivity contribution >= 4 is 17.2 Å². The van der Waals surface area contributed by atoms with Crippen molar-refractivity contribution in [2.24, 2.45) is 11.7 Å². The van der Waals surface area contributed by atoms with Gasteiger partial charge in [-0.15, -0.1) is 11.3 Å². The van der Waals surface area contributed by atoms with Crippen LogP contribution >= 0.6 is 11.3 Å². The second-order valence-corrected chi connectivity index (χ2v) is 5.87. The molecule has 18 heavy (non-hydrogen) atoms. The van der Waals surface area contributed by atoms with Gasteiger partial charge in [0.15, 0.2) is 0 Å². The maximum absolute atomic E-state index is 12.0. The van der Waals surface area contributed by atoms with Crippen molar-refractivity contribution in [2.45, 2.75) is 51.6 Å². The third-order valence-electron chi connectivity index (χ3n) is 3.43. The smallest absolute Gasteiger partial charge is 0.223 e. The van der Waals surface area contributed by atoms with Crippen molar-refractivity contribution < 1.29 is 4.79 Å². The van der Waals surface area contributed by atoms with E-state index in [9.17, 15) is 4.79 Å². The van der Waals surface area contributed by atoms with Crippen LogP contribution in [0.25, 0.3) is 0 Å². The summed E-state index contributed by atoms with van der Waals surface area (Å²) in [6, 6.07) is 0.195. The Kier molecular flexibility index (Phi) is 4.72. The van der Waals surface area contributed by atoms with Crippen molar-refractivity contribution in [3.05, 3.63) is 16.1 Å². The highest BCUT2D eigenvalue weighted by atomic mass is 32.1. The molecule has 0 saturated heterocycles. The second-order valence-electron chi connectivity index (χ2n) is 4.93. The van der Waals surface area contributed by atoms with E-state index in [4.69, 9.17) is 5.73 Å². The summed E-state index contributed by atoms with van der Waals surface area (Å²) in [5, 5.41) is 6.12. The Hall–Kier alpha value is -0.940. The molecule has 0 aliphatic heterocycles. The number of rotatable bonds is 4. The molecule has 1 saturated carbocycles. The number of nitrogens with zero attached hydrogens (tertiary/aromatic N) is 1. The Morgan fingerprint density at radius 2 is 2.44 bits per heavy atom. The van der Waals surface area contributed by atoms with Gasteiger partial charge >= 0.3 is 0 Å². The summed E-state index contributed by atoms with van der Waals surface area (Å²) in [6.07, 6.45) is 4.86. The lowest BCUT2D eigenvalue weighted by Gasteiger charge is -2.25. The monoisotopic (exact) mass is 267 g/mol. The van der Waals surface area contributed by atoms with Crippen LogP contribution in [0, 0.1) is 5.92 Å². The summed E-state index contributed by atoms with van der Waals surface area (Å²) in [4.78, 5) is 16.4. The zero-order valence-corrected chi connectivity index (χ0v) is 11.6. The number of hydrogen-bond donors (Lipinski definition) is 2. The molecule has 2 unspecified atom stereocenters. The van der Waals surface area contributed by atoms with Gasteiger partial charge in [-0.3, -0.25) is 4.79 Å². The lowest BCUT2D eigenvalue weighted by atomic mass is 9.85. The summed E-state index contributed by atoms with van der Waals surface area (Å²) in [6.45, 7) is 2.63. The Bertz CT molecular complexity index is 405. The Morgan fingerprint density at radius 3 is 3.11 bits per heavy atom. The zero-order valence-electron chi connectivity index (χ0n) is 10.8. The number of carbonyl (C=O) groups is 1. The largest absolute Gasteiger partial charge is 0.350 e. The fourth-order valence-electron chi connectivity index (χ4n) is 2.38. The van der Waals surface area contributed by atoms with E-state index >= 15 is 0 Å². The van der Waals surface area contributed by atoms with E-state index in [1.165, 1.54) is 0 Å². The number of thiazole rings is 1. The van der Waals surface area contributed by atoms with Crippen LogP contribution in [0.15, 0.2) is 5.38 Å². The van der Waals surface area contributed by atoms with Gasteiger partial charge in [0.05, 0.1) is 17.2 Å². The first-order chi connectivity index (χ1) is 8.69. The van der Waals surface area contributed by atoms with Gasteiger partial charge in [0.2, 0.25) is 5.91 Å². The molecular formula is C13H21N3OS. The topological polar surface area (TPSA) is 68.0 Å². The molecule has 1 heterocycles. The lowest BCUT2D eigenvalue weighted by molar-refractivity contribution is -0.126. The molecule has 0 spiro atoms. The summed E-state index contributed by atoms with van der Waals surface area (Å²) in [5.41, 5.74) is 6.86. The molecule has 1 aromatic rings. The fraction of sp³-hybridized carbons (Fsp3) is 0.692. The van der Waals surface area contributed by atoms with Crippen LogP contribution in [0.2, 0.25) is 0 Å². The number of nitrogens with one attached hydrogen (secondary N) is 1. The van der Waals surface area contributed by atoms with Gasteiger partial charge in [-0.1, -0.05) is 13.3 Å². The van der Waals surface area contributed by atoms with E-state index in [0.29, 0.717) is 6.54 Å². The Labute approximate surface area is 112 Å². The number of nitrogens with two attached hydrogens (primary N) is 1. The molecule has 4 nitrogen and oxygen atoms in total. The Balaban J connectivity index is 1.80. The summed E-state index contributed by atoms with van der Waals surface area (Å²) < 4.78 is 0. The minimum Gasteiger partial charge on any atom is -0.350 e. The van der Waals surface area contributed by atoms with E-state index in [1.54, 1.807) is 11.3 Å². The van der Waals surface area contributed by atoms with Gasteiger partial charge in [-0.25, -0.2) is 4.98 Å². The average Bonchev–Trinajstić information content (AvgIpc) is 2.84. The van der Waals surface area contributed by atoms with E-state index in [1.807, 2.05) is 5.38 Å². The predicted octanol–water partition coefficient (Wildman–Crippen LogP) is 1.84. The molecule has 0 aromatic carbocycles. The van der Waals surface area contributed by atoms with E-state index < -0.39 is 0 Å². The van der Waals surface area contributed by atoms with Crippen molar-refractivity contribution in [3.63, 3.8) is 0 Å². The number of amides is 1. The SMILES string of the molecule is CCc1nc(CNC(=O)C2CCCC(N)C2)cs1. The first-order valence-electron chi connectivity index (χ1n) is 6.65. The maximum Gasteiger partial charge on any atom is 0.223 e. The molecule has 1 amide bonds. The van der Waals surface area contributed by atoms with Gasteiger partial charge in [0.1, 0.15) is 0 Å². The Morgan fingerprint density at radius 1 is 1.61 bits per heavy atom. The molecular weight excluding hydrogens is 246 g/mol. The van der Waals surface area contributed by atoms with Crippen LogP contribution in [0.1, 0.15) is 43.3 Å². The van der Waals surface area contributed by atoms with Crippen molar-refractivity contribution in [2.75, 3.05) is 0 Å². The summed E-state index contributed by atoms with van der Waals surface area (Å²) >= 11 is 1.65. The van der Waals surface area contributed by atoms with Crippen molar-refractivity contribution in [3.8, 4) is 0 Å². The van der Waals surface area contributed by atoms with Crippen LogP contribution < -0.4 is 11.1 Å². The minimum atomic E-state index is 0.0954. The third-order valence-corrected chi connectivity index (χ3v) is 4.47. The average molecular weight is 267 g/mol. The quantitative estimate of drug-likeness (QED) is 0.874. The number of aromatic nitrogens is 1. The number of hydrogen-bond acceptors (Lipinski definition) is 4. The molecule has 100 valence electrons. The minimum absolute atomic E-state index is 0.0954. The first-order valence-corrected chi connectivity index (χ1v) is 7.53. The highest BCUT2D eigenvalue weighted by Gasteiger charge is 2.25. The number of aryl methyl sites for hydroxylation is 1. The van der Waals surface area contributed by atoms with Crippen molar-refractivity contribution in [1.82, 2.24) is 10.3 Å². The third kappa shape index (κ3) is 3.53. The molecule has 5 heteroatoms. The van der Waals surface area contributed by atoms with Crippen molar-refractivity contribution in [1.29, 1.82) is 0 Å². The molecule has 1 fully saturated rings. The van der Waals surface area contributed by atoms with Gasteiger partial charge in [-0.05, 0) is 25.7 Å². The molecule has 2 rings (SSSR count). The standard InChI is InChI=1S/C13H21N3OS/c1-2-12-16-11(8-18-12)7-15-13(17)9-4-3-5-10(14)6-9/h8-10H,2-7,14H2,1H3,(H,15,17). The molecule has 1 aromatic heterocycles. The lowest BCUT2D eigenvalue weighted by Crippen LogP contribution is -2.37. The molecule has 3 N–H and O–H groups in total. The molecule has 2 atom stereocenters. The molecule has 0 bridgehead atoms. The zero-order chi connectivity index (χ0) is 13.0. The van der Waals surface area contributed by atoms with E-state index in [2.05, 4.69) is 17.2 Å². The highest BCUT2D eigenvalue weighted by Crippen LogP contribution is 2.23. The van der Waals surface area contributed by atoms with E-state index in [-0.39, 0.29) is 17.9 Å². The van der Waals surface area contributed by atoms with Crippen LogP contribution in [-0.2, 0) is 17.8 Å². The van der Waals surface area contributed by atoms with Crippen LogP contribution in [0.5, 0.6) is 0 Å². The maximum atomic E-state index is 12.0. The molecule has 1 aliphatic rings. The number of carbonyl (C=O) groups excluding carboxylic acids is 1. The van der Waals surface area contributed by atoms with Crippen LogP contribution in [-0.4, -0.2) is 16.9 Å². The van der Waals surface area contributed by atoms with Gasteiger partial charge < -0.3 is 11.1 Å². The molecule has 1 aliphatic carbocycles.